The van der Waals surface area contributed by atoms with E-state index in [-0.39, 0.29) is 23.0 Å². The van der Waals surface area contributed by atoms with Crippen LogP contribution in [0.1, 0.15) is 22.8 Å². The number of aromatic carboxylic acids is 1. The van der Waals surface area contributed by atoms with Gasteiger partial charge in [-0.15, -0.1) is 0 Å². The van der Waals surface area contributed by atoms with Crippen LogP contribution in [-0.4, -0.2) is 45.8 Å². The fourth-order valence-electron chi connectivity index (χ4n) is 2.61. The zero-order chi connectivity index (χ0) is 19.9. The van der Waals surface area contributed by atoms with Crippen molar-refractivity contribution in [3.05, 3.63) is 59.7 Å². The van der Waals surface area contributed by atoms with Crippen LogP contribution in [0.25, 0.3) is 0 Å². The number of benzene rings is 2. The standard InChI is InChI=1S/C19H24N2O5S/c1-14(13-26-2)21-17-9-8-16(19(22)23)12-18(17)27(24,25)20-11-10-15-6-4-3-5-7-15/h3-9,12,14,20-21H,10-11,13H2,1-2H3,(H,22,23)/t14-/m0/s1. The average Bonchev–Trinajstić information content (AvgIpc) is 2.62. The highest BCUT2D eigenvalue weighted by molar-refractivity contribution is 7.89. The van der Waals surface area contributed by atoms with E-state index in [4.69, 9.17) is 4.74 Å². The normalized spacial score (nSPS) is 12.5. The molecule has 0 aliphatic heterocycles. The maximum Gasteiger partial charge on any atom is 0.335 e. The summed E-state index contributed by atoms with van der Waals surface area (Å²) in [6.07, 6.45) is 0.529. The Morgan fingerprint density at radius 1 is 1.19 bits per heavy atom. The van der Waals surface area contributed by atoms with Gasteiger partial charge in [-0.25, -0.2) is 17.9 Å². The predicted octanol–water partition coefficient (Wildman–Crippen LogP) is 2.35. The molecule has 0 spiro atoms. The van der Waals surface area contributed by atoms with E-state index in [9.17, 15) is 18.3 Å². The van der Waals surface area contributed by atoms with Crippen molar-refractivity contribution in [1.82, 2.24) is 4.72 Å². The second-order valence-corrected chi connectivity index (χ2v) is 7.89. The van der Waals surface area contributed by atoms with Gasteiger partial charge in [-0.2, -0.15) is 0 Å². The number of nitrogens with one attached hydrogen (secondary N) is 2. The minimum Gasteiger partial charge on any atom is -0.478 e. The molecule has 3 N–H and O–H groups in total. The summed E-state index contributed by atoms with van der Waals surface area (Å²) in [5, 5.41) is 12.3. The smallest absolute Gasteiger partial charge is 0.335 e. The van der Waals surface area contributed by atoms with Gasteiger partial charge >= 0.3 is 5.97 Å². The van der Waals surface area contributed by atoms with Crippen LogP contribution >= 0.6 is 0 Å². The molecule has 0 fully saturated rings. The molecule has 0 aliphatic rings. The van der Waals surface area contributed by atoms with Crippen LogP contribution in [0.2, 0.25) is 0 Å². The minimum atomic E-state index is -3.89. The molecular weight excluding hydrogens is 368 g/mol. The third kappa shape index (κ3) is 6.06. The van der Waals surface area contributed by atoms with E-state index in [0.717, 1.165) is 11.6 Å². The van der Waals surface area contributed by atoms with Crippen molar-refractivity contribution in [3.63, 3.8) is 0 Å². The van der Waals surface area contributed by atoms with Gasteiger partial charge in [0.2, 0.25) is 10.0 Å². The molecule has 0 saturated heterocycles. The van der Waals surface area contributed by atoms with Gasteiger partial charge in [0.1, 0.15) is 4.90 Å². The zero-order valence-corrected chi connectivity index (χ0v) is 16.1. The molecule has 2 aromatic carbocycles. The highest BCUT2D eigenvalue weighted by atomic mass is 32.2. The van der Waals surface area contributed by atoms with Crippen molar-refractivity contribution in [2.24, 2.45) is 0 Å². The van der Waals surface area contributed by atoms with Crippen molar-refractivity contribution >= 4 is 21.7 Å². The van der Waals surface area contributed by atoms with E-state index in [0.29, 0.717) is 18.7 Å². The van der Waals surface area contributed by atoms with Gasteiger partial charge in [0, 0.05) is 19.7 Å². The number of hydrogen-bond donors (Lipinski definition) is 3. The second kappa shape index (κ2) is 9.50. The van der Waals surface area contributed by atoms with Gasteiger partial charge in [-0.1, -0.05) is 30.3 Å². The Morgan fingerprint density at radius 3 is 2.52 bits per heavy atom. The number of carboxylic acids is 1. The molecule has 2 aromatic rings. The molecule has 1 atom stereocenters. The molecular formula is C19H24N2O5S. The number of carboxylic acid groups (broad SMARTS) is 1. The van der Waals surface area contributed by atoms with Crippen LogP contribution in [0, 0.1) is 0 Å². The summed E-state index contributed by atoms with van der Waals surface area (Å²) < 4.78 is 33.2. The topological polar surface area (TPSA) is 105 Å². The number of ether oxygens (including phenoxy) is 1. The molecule has 0 heterocycles. The summed E-state index contributed by atoms with van der Waals surface area (Å²) in [7, 11) is -2.34. The van der Waals surface area contributed by atoms with Crippen molar-refractivity contribution in [2.75, 3.05) is 25.6 Å². The Bertz CT molecular complexity index is 869. The van der Waals surface area contributed by atoms with Gasteiger partial charge in [0.15, 0.2) is 0 Å². The number of anilines is 1. The lowest BCUT2D eigenvalue weighted by molar-refractivity contribution is 0.0696. The number of rotatable bonds is 10. The van der Waals surface area contributed by atoms with E-state index in [1.165, 1.54) is 12.1 Å². The molecule has 0 saturated carbocycles. The van der Waals surface area contributed by atoms with Crippen molar-refractivity contribution < 1.29 is 23.1 Å². The van der Waals surface area contributed by atoms with E-state index >= 15 is 0 Å². The van der Waals surface area contributed by atoms with E-state index in [1.54, 1.807) is 7.11 Å². The quantitative estimate of drug-likeness (QED) is 0.573. The summed E-state index contributed by atoms with van der Waals surface area (Å²) in [6, 6.07) is 13.3. The lowest BCUT2D eigenvalue weighted by atomic mass is 10.2. The molecule has 0 amide bonds. The number of carbonyl (C=O) groups is 1. The number of sulfonamides is 1. The Labute approximate surface area is 159 Å². The molecule has 7 nitrogen and oxygen atoms in total. The molecule has 146 valence electrons. The first-order valence-corrected chi connectivity index (χ1v) is 9.98. The lowest BCUT2D eigenvalue weighted by Crippen LogP contribution is -2.28. The third-order valence-electron chi connectivity index (χ3n) is 3.89. The second-order valence-electron chi connectivity index (χ2n) is 6.15. The first-order chi connectivity index (χ1) is 12.8. The SMILES string of the molecule is COC[C@H](C)Nc1ccc(C(=O)O)cc1S(=O)(=O)NCCc1ccccc1. The Hall–Kier alpha value is -2.42. The summed E-state index contributed by atoms with van der Waals surface area (Å²) >= 11 is 0. The number of hydrogen-bond acceptors (Lipinski definition) is 5. The summed E-state index contributed by atoms with van der Waals surface area (Å²) in [6.45, 7) is 2.42. The maximum atomic E-state index is 12.8. The highest BCUT2D eigenvalue weighted by Crippen LogP contribution is 2.24. The Kier molecular flexibility index (Phi) is 7.35. The molecule has 0 bridgehead atoms. The molecule has 27 heavy (non-hydrogen) atoms. The van der Waals surface area contributed by atoms with E-state index in [2.05, 4.69) is 10.0 Å². The van der Waals surface area contributed by atoms with Crippen LogP contribution in [0.15, 0.2) is 53.4 Å². The minimum absolute atomic E-state index is 0.0941. The molecule has 0 aliphatic carbocycles. The molecule has 0 aromatic heterocycles. The van der Waals surface area contributed by atoms with Crippen molar-refractivity contribution in [1.29, 1.82) is 0 Å². The molecule has 2 rings (SSSR count). The van der Waals surface area contributed by atoms with Gasteiger partial charge in [-0.05, 0) is 37.1 Å². The van der Waals surface area contributed by atoms with Crippen LogP contribution in [-0.2, 0) is 21.2 Å². The Morgan fingerprint density at radius 2 is 1.89 bits per heavy atom. The maximum absolute atomic E-state index is 12.8. The van der Waals surface area contributed by atoms with Crippen LogP contribution in [0.4, 0.5) is 5.69 Å². The zero-order valence-electron chi connectivity index (χ0n) is 15.3. The monoisotopic (exact) mass is 392 g/mol. The van der Waals surface area contributed by atoms with Gasteiger partial charge in [-0.3, -0.25) is 0 Å². The lowest BCUT2D eigenvalue weighted by Gasteiger charge is -2.18. The van der Waals surface area contributed by atoms with Crippen molar-refractivity contribution in [3.8, 4) is 0 Å². The summed E-state index contributed by atoms with van der Waals surface area (Å²) in [5.74, 6) is -1.19. The first-order valence-electron chi connectivity index (χ1n) is 8.50. The third-order valence-corrected chi connectivity index (χ3v) is 5.39. The van der Waals surface area contributed by atoms with Gasteiger partial charge in [0.05, 0.1) is 17.9 Å². The van der Waals surface area contributed by atoms with Crippen LogP contribution < -0.4 is 10.0 Å². The first kappa shape index (κ1) is 20.9. The van der Waals surface area contributed by atoms with Crippen LogP contribution in [0.3, 0.4) is 0 Å². The largest absolute Gasteiger partial charge is 0.478 e. The Balaban J connectivity index is 2.23. The highest BCUT2D eigenvalue weighted by Gasteiger charge is 2.21. The fraction of sp³-hybridized carbons (Fsp3) is 0.316. The van der Waals surface area contributed by atoms with Crippen LogP contribution in [0.5, 0.6) is 0 Å². The summed E-state index contributed by atoms with van der Waals surface area (Å²) in [5.41, 5.74) is 1.24. The van der Waals surface area contributed by atoms with Crippen molar-refractivity contribution in [2.45, 2.75) is 24.3 Å². The molecule has 8 heteroatoms. The fourth-order valence-corrected chi connectivity index (χ4v) is 3.83. The molecule has 0 radical (unpaired) electrons. The molecule has 0 unspecified atom stereocenters. The summed E-state index contributed by atoms with van der Waals surface area (Å²) in [4.78, 5) is 11.2. The van der Waals surface area contributed by atoms with Gasteiger partial charge < -0.3 is 15.2 Å². The van der Waals surface area contributed by atoms with E-state index in [1.807, 2.05) is 37.3 Å². The van der Waals surface area contributed by atoms with Gasteiger partial charge in [0.25, 0.3) is 0 Å². The van der Waals surface area contributed by atoms with E-state index < -0.39 is 16.0 Å². The average molecular weight is 392 g/mol. The number of methoxy groups -OCH3 is 1. The predicted molar refractivity (Wildman–Crippen MR) is 104 cm³/mol.